The van der Waals surface area contributed by atoms with E-state index in [1.165, 1.54) is 6.42 Å². The van der Waals surface area contributed by atoms with E-state index in [4.69, 9.17) is 0 Å². The Bertz CT molecular complexity index is 217. The minimum atomic E-state index is 0.619. The molecule has 0 aliphatic carbocycles. The van der Waals surface area contributed by atoms with Gasteiger partial charge in [-0.25, -0.2) is 0 Å². The summed E-state index contributed by atoms with van der Waals surface area (Å²) in [5.74, 6) is 0. The second kappa shape index (κ2) is 3.93. The second-order valence-electron chi connectivity index (χ2n) is 2.90. The van der Waals surface area contributed by atoms with E-state index in [9.17, 15) is 0 Å². The first kappa shape index (κ1) is 8.10. The Morgan fingerprint density at radius 1 is 1.75 bits per heavy atom. The molecule has 1 aliphatic heterocycles. The lowest BCUT2D eigenvalue weighted by molar-refractivity contribution is 0.544. The van der Waals surface area contributed by atoms with Crippen LogP contribution in [-0.4, -0.2) is 29.3 Å². The molecule has 1 atom stereocenters. The molecule has 0 amide bonds. The Morgan fingerprint density at radius 3 is 3.42 bits per heavy atom. The number of nitrogens with one attached hydrogen (secondary N) is 2. The molecule has 1 fully saturated rings. The van der Waals surface area contributed by atoms with Crippen molar-refractivity contribution in [2.75, 3.05) is 13.1 Å². The highest BCUT2D eigenvalue weighted by molar-refractivity contribution is 7.09. The summed E-state index contributed by atoms with van der Waals surface area (Å²) in [6, 6.07) is 0.619. The van der Waals surface area contributed by atoms with Gasteiger partial charge in [-0.2, -0.15) is 0 Å². The van der Waals surface area contributed by atoms with Crippen LogP contribution < -0.4 is 10.6 Å². The summed E-state index contributed by atoms with van der Waals surface area (Å²) in [5, 5.41) is 15.6. The van der Waals surface area contributed by atoms with Gasteiger partial charge in [0.25, 0.3) is 0 Å². The third-order valence-electron chi connectivity index (χ3n) is 2.01. The van der Waals surface area contributed by atoms with E-state index in [0.29, 0.717) is 6.04 Å². The van der Waals surface area contributed by atoms with Gasteiger partial charge in [0.15, 0.2) is 0 Å². The second-order valence-corrected chi connectivity index (χ2v) is 3.82. The molecule has 0 saturated carbocycles. The lowest BCUT2D eigenvalue weighted by Crippen LogP contribution is -2.30. The smallest absolute Gasteiger partial charge is 0.131 e. The normalized spacial score (nSPS) is 23.2. The summed E-state index contributed by atoms with van der Waals surface area (Å²) < 4.78 is 0. The standard InChI is InChI=1S/C7H12N4S/c1-2-8-3-6(1)9-4-7-11-10-5-12-7/h5-6,8-9H,1-4H2. The Labute approximate surface area is 75.4 Å². The summed E-state index contributed by atoms with van der Waals surface area (Å²) in [7, 11) is 0. The first-order valence-electron chi connectivity index (χ1n) is 4.14. The number of hydrogen-bond donors (Lipinski definition) is 2. The summed E-state index contributed by atoms with van der Waals surface area (Å²) in [4.78, 5) is 0. The molecule has 12 heavy (non-hydrogen) atoms. The summed E-state index contributed by atoms with van der Waals surface area (Å²) in [6.07, 6.45) is 1.22. The Balaban J connectivity index is 1.74. The molecule has 2 heterocycles. The van der Waals surface area contributed by atoms with Gasteiger partial charge in [0, 0.05) is 19.1 Å². The van der Waals surface area contributed by atoms with E-state index < -0.39 is 0 Å². The van der Waals surface area contributed by atoms with E-state index in [2.05, 4.69) is 20.8 Å². The average molecular weight is 184 g/mol. The predicted octanol–water partition coefficient (Wildman–Crippen LogP) is -0.0104. The van der Waals surface area contributed by atoms with Crippen molar-refractivity contribution in [1.82, 2.24) is 20.8 Å². The average Bonchev–Trinajstić information content (AvgIpc) is 2.74. The van der Waals surface area contributed by atoms with E-state index >= 15 is 0 Å². The maximum Gasteiger partial charge on any atom is 0.131 e. The molecule has 2 rings (SSSR count). The largest absolute Gasteiger partial charge is 0.315 e. The van der Waals surface area contributed by atoms with Gasteiger partial charge in [0.05, 0.1) is 0 Å². The van der Waals surface area contributed by atoms with Crippen molar-refractivity contribution in [3.05, 3.63) is 10.5 Å². The van der Waals surface area contributed by atoms with E-state index in [0.717, 1.165) is 24.6 Å². The van der Waals surface area contributed by atoms with Gasteiger partial charge in [0.1, 0.15) is 10.5 Å². The molecule has 1 unspecified atom stereocenters. The minimum absolute atomic E-state index is 0.619. The first-order chi connectivity index (χ1) is 5.95. The van der Waals surface area contributed by atoms with Crippen LogP contribution in [0.25, 0.3) is 0 Å². The zero-order valence-electron chi connectivity index (χ0n) is 6.79. The fraction of sp³-hybridized carbons (Fsp3) is 0.714. The number of rotatable bonds is 3. The minimum Gasteiger partial charge on any atom is -0.315 e. The molecular weight excluding hydrogens is 172 g/mol. The molecule has 0 radical (unpaired) electrons. The number of aromatic nitrogens is 2. The predicted molar refractivity (Wildman–Crippen MR) is 48.0 cm³/mol. The van der Waals surface area contributed by atoms with Crippen LogP contribution >= 0.6 is 11.3 Å². The number of nitrogens with zero attached hydrogens (tertiary/aromatic N) is 2. The van der Waals surface area contributed by atoms with Crippen molar-refractivity contribution in [2.24, 2.45) is 0 Å². The molecule has 4 nitrogen and oxygen atoms in total. The van der Waals surface area contributed by atoms with Crippen molar-refractivity contribution < 1.29 is 0 Å². The van der Waals surface area contributed by atoms with Crippen LogP contribution in [0.2, 0.25) is 0 Å². The van der Waals surface area contributed by atoms with Crippen LogP contribution in [0.1, 0.15) is 11.4 Å². The monoisotopic (exact) mass is 184 g/mol. The molecular formula is C7H12N4S. The van der Waals surface area contributed by atoms with Gasteiger partial charge in [-0.1, -0.05) is 0 Å². The van der Waals surface area contributed by atoms with Crippen molar-refractivity contribution in [3.63, 3.8) is 0 Å². The van der Waals surface area contributed by atoms with Gasteiger partial charge < -0.3 is 10.6 Å². The maximum absolute atomic E-state index is 3.96. The highest BCUT2D eigenvalue weighted by Gasteiger charge is 2.13. The number of hydrogen-bond acceptors (Lipinski definition) is 5. The van der Waals surface area contributed by atoms with Gasteiger partial charge in [-0.3, -0.25) is 0 Å². The molecule has 0 bridgehead atoms. The fourth-order valence-corrected chi connectivity index (χ4v) is 1.81. The van der Waals surface area contributed by atoms with Gasteiger partial charge in [-0.15, -0.1) is 21.5 Å². The van der Waals surface area contributed by atoms with E-state index in [1.807, 2.05) is 0 Å². The lowest BCUT2D eigenvalue weighted by Gasteiger charge is -2.08. The summed E-state index contributed by atoms with van der Waals surface area (Å²) >= 11 is 1.60. The third-order valence-corrected chi connectivity index (χ3v) is 2.71. The molecule has 1 aromatic heterocycles. The van der Waals surface area contributed by atoms with Crippen molar-refractivity contribution in [3.8, 4) is 0 Å². The molecule has 1 saturated heterocycles. The summed E-state index contributed by atoms with van der Waals surface area (Å²) in [6.45, 7) is 3.07. The van der Waals surface area contributed by atoms with Crippen molar-refractivity contribution in [2.45, 2.75) is 19.0 Å². The van der Waals surface area contributed by atoms with Crippen LogP contribution in [-0.2, 0) is 6.54 Å². The molecule has 0 aromatic carbocycles. The molecule has 0 spiro atoms. The molecule has 1 aliphatic rings. The zero-order chi connectivity index (χ0) is 8.23. The first-order valence-corrected chi connectivity index (χ1v) is 5.02. The van der Waals surface area contributed by atoms with Crippen LogP contribution in [0.4, 0.5) is 0 Å². The van der Waals surface area contributed by atoms with Gasteiger partial charge in [0.2, 0.25) is 0 Å². The van der Waals surface area contributed by atoms with Crippen LogP contribution in [0.3, 0.4) is 0 Å². The van der Waals surface area contributed by atoms with Crippen LogP contribution in [0.5, 0.6) is 0 Å². The highest BCUT2D eigenvalue weighted by Crippen LogP contribution is 2.03. The van der Waals surface area contributed by atoms with E-state index in [1.54, 1.807) is 16.8 Å². The summed E-state index contributed by atoms with van der Waals surface area (Å²) in [5.41, 5.74) is 1.77. The van der Waals surface area contributed by atoms with Crippen molar-refractivity contribution in [1.29, 1.82) is 0 Å². The fourth-order valence-electron chi connectivity index (χ4n) is 1.33. The molecule has 1 aromatic rings. The third kappa shape index (κ3) is 2.00. The van der Waals surface area contributed by atoms with Crippen LogP contribution in [0.15, 0.2) is 5.51 Å². The van der Waals surface area contributed by atoms with Crippen molar-refractivity contribution >= 4 is 11.3 Å². The topological polar surface area (TPSA) is 49.8 Å². The molecule has 5 heteroatoms. The van der Waals surface area contributed by atoms with Crippen LogP contribution in [0, 0.1) is 0 Å². The van der Waals surface area contributed by atoms with E-state index in [-0.39, 0.29) is 0 Å². The maximum atomic E-state index is 3.96. The molecule has 2 N–H and O–H groups in total. The Kier molecular flexibility index (Phi) is 2.65. The van der Waals surface area contributed by atoms with Gasteiger partial charge >= 0.3 is 0 Å². The highest BCUT2D eigenvalue weighted by atomic mass is 32.1. The molecule has 66 valence electrons. The lowest BCUT2D eigenvalue weighted by atomic mass is 10.3. The quantitative estimate of drug-likeness (QED) is 0.693. The van der Waals surface area contributed by atoms with Gasteiger partial charge in [-0.05, 0) is 13.0 Å². The zero-order valence-corrected chi connectivity index (χ0v) is 7.60. The SMILES string of the molecule is c1nnc(CNC2CCNC2)s1. The Morgan fingerprint density at radius 2 is 2.75 bits per heavy atom. The Hall–Kier alpha value is -0.520.